The molecule has 1 N–H and O–H groups in total. The number of thioether (sulfide) groups is 1. The van der Waals surface area contributed by atoms with Gasteiger partial charge in [-0.25, -0.2) is 4.79 Å². The van der Waals surface area contributed by atoms with Gasteiger partial charge in [-0.05, 0) is 30.5 Å². The predicted molar refractivity (Wildman–Crippen MR) is 81.1 cm³/mol. The Bertz CT molecular complexity index is 471. The summed E-state index contributed by atoms with van der Waals surface area (Å²) in [4.78, 5) is 25.0. The summed E-state index contributed by atoms with van der Waals surface area (Å²) >= 11 is 1.42. The van der Waals surface area contributed by atoms with Gasteiger partial charge in [-0.1, -0.05) is 26.0 Å². The number of benzene rings is 1. The summed E-state index contributed by atoms with van der Waals surface area (Å²) in [6.07, 6.45) is 0. The molecule has 0 spiro atoms. The maximum Gasteiger partial charge on any atom is 0.326 e. The summed E-state index contributed by atoms with van der Waals surface area (Å²) < 4.78 is 0. The van der Waals surface area contributed by atoms with E-state index in [1.807, 2.05) is 12.1 Å². The van der Waals surface area contributed by atoms with Crippen molar-refractivity contribution in [3.8, 4) is 0 Å². The van der Waals surface area contributed by atoms with Gasteiger partial charge in [0, 0.05) is 11.9 Å². The fourth-order valence-corrected chi connectivity index (χ4v) is 2.40. The average Bonchev–Trinajstić information content (AvgIpc) is 2.43. The molecule has 1 aromatic rings. The van der Waals surface area contributed by atoms with Crippen molar-refractivity contribution in [3.63, 3.8) is 0 Å². The predicted octanol–water partition coefficient (Wildman–Crippen LogP) is 2.83. The van der Waals surface area contributed by atoms with Crippen LogP contribution in [-0.2, 0) is 9.59 Å². The van der Waals surface area contributed by atoms with Crippen LogP contribution in [0.1, 0.15) is 32.3 Å². The molecule has 0 aliphatic rings. The van der Waals surface area contributed by atoms with Gasteiger partial charge in [0.15, 0.2) is 0 Å². The zero-order valence-corrected chi connectivity index (χ0v) is 13.1. The molecule has 0 fully saturated rings. The zero-order chi connectivity index (χ0) is 15.3. The van der Waals surface area contributed by atoms with E-state index in [4.69, 9.17) is 5.11 Å². The van der Waals surface area contributed by atoms with Crippen LogP contribution in [0.3, 0.4) is 0 Å². The number of aliphatic carboxylic acids is 1. The number of rotatable bonds is 6. The highest BCUT2D eigenvalue weighted by molar-refractivity contribution is 8.00. The van der Waals surface area contributed by atoms with Gasteiger partial charge in [-0.15, -0.1) is 11.8 Å². The Hall–Kier alpha value is -1.49. The number of carbonyl (C=O) groups excluding carboxylic acids is 1. The third-order valence-corrected chi connectivity index (χ3v) is 4.24. The molecule has 5 heteroatoms. The Morgan fingerprint density at radius 1 is 1.20 bits per heavy atom. The lowest BCUT2D eigenvalue weighted by Gasteiger charge is -2.21. The number of amides is 1. The highest BCUT2D eigenvalue weighted by Gasteiger charge is 2.21. The Morgan fingerprint density at radius 3 is 2.20 bits per heavy atom. The summed E-state index contributed by atoms with van der Waals surface area (Å²) in [5, 5.41) is 8.87. The third-order valence-electron chi connectivity index (χ3n) is 3.24. The van der Waals surface area contributed by atoms with Crippen LogP contribution in [0.4, 0.5) is 0 Å². The maximum atomic E-state index is 11.9. The van der Waals surface area contributed by atoms with Gasteiger partial charge in [0.05, 0.1) is 5.75 Å². The van der Waals surface area contributed by atoms with Crippen LogP contribution < -0.4 is 0 Å². The molecule has 0 aliphatic carbocycles. The fraction of sp³-hybridized carbons (Fsp3) is 0.467. The van der Waals surface area contributed by atoms with Crippen LogP contribution >= 0.6 is 11.8 Å². The van der Waals surface area contributed by atoms with Gasteiger partial charge in [0.2, 0.25) is 5.91 Å². The van der Waals surface area contributed by atoms with Crippen molar-refractivity contribution >= 4 is 23.6 Å². The zero-order valence-electron chi connectivity index (χ0n) is 12.3. The van der Waals surface area contributed by atoms with Gasteiger partial charge in [-0.3, -0.25) is 4.79 Å². The summed E-state index contributed by atoms with van der Waals surface area (Å²) in [6.45, 7) is 5.77. The SMILES string of the molecule is CC(C)c1ccc(SCC(=O)N(C)C(C)C(=O)O)cc1. The fourth-order valence-electron chi connectivity index (χ4n) is 1.58. The van der Waals surface area contributed by atoms with Crippen molar-refractivity contribution < 1.29 is 14.7 Å². The lowest BCUT2D eigenvalue weighted by atomic mass is 10.0. The standard InChI is InChI=1S/C15H21NO3S/c1-10(2)12-5-7-13(8-6-12)20-9-14(17)16(4)11(3)15(18)19/h5-8,10-11H,9H2,1-4H3,(H,18,19). The van der Waals surface area contributed by atoms with E-state index in [-0.39, 0.29) is 11.7 Å². The van der Waals surface area contributed by atoms with Gasteiger partial charge < -0.3 is 10.0 Å². The number of nitrogens with zero attached hydrogens (tertiary/aromatic N) is 1. The minimum Gasteiger partial charge on any atom is -0.480 e. The molecule has 0 bridgehead atoms. The van der Waals surface area contributed by atoms with E-state index in [1.165, 1.54) is 36.2 Å². The Kier molecular flexibility index (Phi) is 6.07. The summed E-state index contributed by atoms with van der Waals surface area (Å²) in [5.41, 5.74) is 1.26. The molecule has 0 aromatic heterocycles. The van der Waals surface area contributed by atoms with Gasteiger partial charge in [0.1, 0.15) is 6.04 Å². The van der Waals surface area contributed by atoms with Gasteiger partial charge >= 0.3 is 5.97 Å². The summed E-state index contributed by atoms with van der Waals surface area (Å²) in [5.74, 6) is -0.446. The minimum atomic E-state index is -0.993. The van der Waals surface area contributed by atoms with E-state index in [2.05, 4.69) is 26.0 Å². The van der Waals surface area contributed by atoms with Crippen molar-refractivity contribution in [3.05, 3.63) is 29.8 Å². The van der Waals surface area contributed by atoms with Crippen molar-refractivity contribution in [2.45, 2.75) is 37.6 Å². The maximum absolute atomic E-state index is 11.9. The molecule has 1 amide bonds. The average molecular weight is 295 g/mol. The monoisotopic (exact) mass is 295 g/mol. The highest BCUT2D eigenvalue weighted by Crippen LogP contribution is 2.22. The van der Waals surface area contributed by atoms with Crippen molar-refractivity contribution in [1.29, 1.82) is 0 Å². The summed E-state index contributed by atoms with van der Waals surface area (Å²) in [7, 11) is 1.52. The molecule has 0 saturated heterocycles. The second-order valence-corrected chi connectivity index (χ2v) is 6.08. The quantitative estimate of drug-likeness (QED) is 0.820. The number of hydrogen-bond acceptors (Lipinski definition) is 3. The molecule has 4 nitrogen and oxygen atoms in total. The molecule has 0 radical (unpaired) electrons. The Morgan fingerprint density at radius 2 is 1.75 bits per heavy atom. The van der Waals surface area contributed by atoms with E-state index in [0.717, 1.165) is 4.90 Å². The summed E-state index contributed by atoms with van der Waals surface area (Å²) in [6, 6.07) is 7.30. The van der Waals surface area contributed by atoms with Gasteiger partial charge in [0.25, 0.3) is 0 Å². The molecule has 1 unspecified atom stereocenters. The molecule has 1 atom stereocenters. The van der Waals surface area contributed by atoms with Crippen LogP contribution in [0.25, 0.3) is 0 Å². The van der Waals surface area contributed by atoms with Crippen LogP contribution in [0.15, 0.2) is 29.2 Å². The van der Waals surface area contributed by atoms with E-state index in [0.29, 0.717) is 5.92 Å². The number of carboxylic acid groups (broad SMARTS) is 1. The second-order valence-electron chi connectivity index (χ2n) is 5.03. The molecular formula is C15H21NO3S. The van der Waals surface area contributed by atoms with Crippen LogP contribution in [0, 0.1) is 0 Å². The van der Waals surface area contributed by atoms with Crippen LogP contribution in [-0.4, -0.2) is 40.7 Å². The minimum absolute atomic E-state index is 0.183. The molecular weight excluding hydrogens is 274 g/mol. The molecule has 1 rings (SSSR count). The lowest BCUT2D eigenvalue weighted by Crippen LogP contribution is -2.41. The first-order valence-corrected chi connectivity index (χ1v) is 7.52. The third kappa shape index (κ3) is 4.56. The molecule has 1 aromatic carbocycles. The first-order valence-electron chi connectivity index (χ1n) is 6.54. The van der Waals surface area contributed by atoms with Crippen LogP contribution in [0.5, 0.6) is 0 Å². The van der Waals surface area contributed by atoms with E-state index in [1.54, 1.807) is 0 Å². The smallest absolute Gasteiger partial charge is 0.326 e. The largest absolute Gasteiger partial charge is 0.480 e. The van der Waals surface area contributed by atoms with Crippen molar-refractivity contribution in [2.24, 2.45) is 0 Å². The molecule has 0 aliphatic heterocycles. The van der Waals surface area contributed by atoms with E-state index >= 15 is 0 Å². The normalized spacial score (nSPS) is 12.2. The lowest BCUT2D eigenvalue weighted by molar-refractivity contribution is -0.147. The van der Waals surface area contributed by atoms with Crippen LogP contribution in [0.2, 0.25) is 0 Å². The Labute approximate surface area is 124 Å². The molecule has 20 heavy (non-hydrogen) atoms. The topological polar surface area (TPSA) is 57.6 Å². The molecule has 0 saturated carbocycles. The highest BCUT2D eigenvalue weighted by atomic mass is 32.2. The number of hydrogen-bond donors (Lipinski definition) is 1. The van der Waals surface area contributed by atoms with Crippen molar-refractivity contribution in [2.75, 3.05) is 12.8 Å². The van der Waals surface area contributed by atoms with E-state index < -0.39 is 12.0 Å². The Balaban J connectivity index is 2.54. The first-order chi connectivity index (χ1) is 9.32. The second kappa shape index (κ2) is 7.33. The molecule has 110 valence electrons. The number of likely N-dealkylation sites (N-methyl/N-ethyl adjacent to an activating group) is 1. The van der Waals surface area contributed by atoms with Crippen molar-refractivity contribution in [1.82, 2.24) is 4.90 Å². The number of carboxylic acids is 1. The number of carbonyl (C=O) groups is 2. The van der Waals surface area contributed by atoms with Gasteiger partial charge in [-0.2, -0.15) is 0 Å². The molecule has 0 heterocycles. The first kappa shape index (κ1) is 16.6. The van der Waals surface area contributed by atoms with E-state index in [9.17, 15) is 9.59 Å².